The zero-order valence-corrected chi connectivity index (χ0v) is 10.9. The molecule has 1 amide bonds. The number of halogens is 4. The molecule has 6 heteroatoms. The maximum atomic E-state index is 13.4. The largest absolute Gasteiger partial charge is 0.321 e. The first-order valence-electron chi connectivity index (χ1n) is 5.19. The fourth-order valence-corrected chi connectivity index (χ4v) is 1.91. The fraction of sp³-hybridized carbons (Fsp3) is 0. The smallest absolute Gasteiger partial charge is 0.258 e. The van der Waals surface area contributed by atoms with Crippen molar-refractivity contribution in [3.63, 3.8) is 0 Å². The SMILES string of the molecule is O=C(Nc1ccc(Cl)cc1Cl)c1cc(F)ccc1F. The molecule has 0 heterocycles. The van der Waals surface area contributed by atoms with Crippen molar-refractivity contribution in [1.82, 2.24) is 0 Å². The summed E-state index contributed by atoms with van der Waals surface area (Å²) >= 11 is 11.6. The number of benzene rings is 2. The molecule has 0 unspecified atom stereocenters. The van der Waals surface area contributed by atoms with Gasteiger partial charge < -0.3 is 5.32 Å². The Morgan fingerprint density at radius 3 is 2.47 bits per heavy atom. The Morgan fingerprint density at radius 1 is 1.05 bits per heavy atom. The van der Waals surface area contributed by atoms with Gasteiger partial charge in [0.15, 0.2) is 0 Å². The Kier molecular flexibility index (Phi) is 4.02. The monoisotopic (exact) mass is 301 g/mol. The molecule has 0 fully saturated rings. The summed E-state index contributed by atoms with van der Waals surface area (Å²) in [5, 5.41) is 2.99. The second kappa shape index (κ2) is 5.55. The number of rotatable bonds is 2. The van der Waals surface area contributed by atoms with E-state index in [-0.39, 0.29) is 10.7 Å². The Morgan fingerprint density at radius 2 is 1.79 bits per heavy atom. The maximum absolute atomic E-state index is 13.4. The molecule has 0 bridgehead atoms. The van der Waals surface area contributed by atoms with Gasteiger partial charge in [0.2, 0.25) is 0 Å². The number of nitrogens with one attached hydrogen (secondary N) is 1. The predicted molar refractivity (Wildman–Crippen MR) is 70.8 cm³/mol. The van der Waals surface area contributed by atoms with Crippen LogP contribution in [-0.4, -0.2) is 5.91 Å². The molecule has 0 aliphatic carbocycles. The molecule has 1 N–H and O–H groups in total. The quantitative estimate of drug-likeness (QED) is 0.868. The van der Waals surface area contributed by atoms with Crippen molar-refractivity contribution in [2.24, 2.45) is 0 Å². The minimum absolute atomic E-state index is 0.206. The maximum Gasteiger partial charge on any atom is 0.258 e. The first-order chi connectivity index (χ1) is 8.97. The number of carbonyl (C=O) groups is 1. The zero-order chi connectivity index (χ0) is 14.0. The van der Waals surface area contributed by atoms with Crippen LogP contribution in [-0.2, 0) is 0 Å². The summed E-state index contributed by atoms with van der Waals surface area (Å²) in [4.78, 5) is 11.8. The summed E-state index contributed by atoms with van der Waals surface area (Å²) in [5.41, 5.74) is -0.134. The molecular formula is C13H7Cl2F2NO. The molecule has 0 radical (unpaired) electrons. The van der Waals surface area contributed by atoms with Gasteiger partial charge in [-0.1, -0.05) is 23.2 Å². The summed E-state index contributed by atoms with van der Waals surface area (Å²) in [7, 11) is 0. The minimum atomic E-state index is -0.816. The normalized spacial score (nSPS) is 10.3. The second-order valence-electron chi connectivity index (χ2n) is 3.70. The van der Waals surface area contributed by atoms with Crippen LogP contribution in [0.3, 0.4) is 0 Å². The van der Waals surface area contributed by atoms with E-state index in [0.29, 0.717) is 5.02 Å². The van der Waals surface area contributed by atoms with E-state index in [2.05, 4.69) is 5.32 Å². The lowest BCUT2D eigenvalue weighted by Gasteiger charge is -2.08. The van der Waals surface area contributed by atoms with Crippen LogP contribution in [0.25, 0.3) is 0 Å². The molecule has 0 atom stereocenters. The highest BCUT2D eigenvalue weighted by Gasteiger charge is 2.14. The highest BCUT2D eigenvalue weighted by molar-refractivity contribution is 6.36. The van der Waals surface area contributed by atoms with Crippen molar-refractivity contribution in [3.8, 4) is 0 Å². The third-order valence-electron chi connectivity index (χ3n) is 2.35. The predicted octanol–water partition coefficient (Wildman–Crippen LogP) is 4.52. The molecule has 0 spiro atoms. The molecular weight excluding hydrogens is 295 g/mol. The molecule has 2 nitrogen and oxygen atoms in total. The Hall–Kier alpha value is -1.65. The van der Waals surface area contributed by atoms with Crippen molar-refractivity contribution < 1.29 is 13.6 Å². The van der Waals surface area contributed by atoms with E-state index in [1.165, 1.54) is 18.2 Å². The number of hydrogen-bond acceptors (Lipinski definition) is 1. The van der Waals surface area contributed by atoms with E-state index in [4.69, 9.17) is 23.2 Å². The van der Waals surface area contributed by atoms with Crippen molar-refractivity contribution >= 4 is 34.8 Å². The Labute approximate surface area is 118 Å². The molecule has 2 rings (SSSR count). The number of hydrogen-bond donors (Lipinski definition) is 1. The Balaban J connectivity index is 2.28. The van der Waals surface area contributed by atoms with Crippen LogP contribution in [0.1, 0.15) is 10.4 Å². The second-order valence-corrected chi connectivity index (χ2v) is 4.55. The van der Waals surface area contributed by atoms with Gasteiger partial charge in [-0.25, -0.2) is 8.78 Å². The molecule has 0 aromatic heterocycles. The molecule has 2 aromatic carbocycles. The number of carbonyl (C=O) groups excluding carboxylic acids is 1. The molecule has 0 aliphatic rings. The minimum Gasteiger partial charge on any atom is -0.321 e. The number of amides is 1. The van der Waals surface area contributed by atoms with Gasteiger partial charge in [-0.15, -0.1) is 0 Å². The average molecular weight is 302 g/mol. The summed E-state index contributed by atoms with van der Waals surface area (Å²) in [6.07, 6.45) is 0. The van der Waals surface area contributed by atoms with Crippen molar-refractivity contribution in [2.75, 3.05) is 5.32 Å². The van der Waals surface area contributed by atoms with Crippen LogP contribution < -0.4 is 5.32 Å². The lowest BCUT2D eigenvalue weighted by Crippen LogP contribution is -2.14. The van der Waals surface area contributed by atoms with E-state index in [9.17, 15) is 13.6 Å². The van der Waals surface area contributed by atoms with E-state index >= 15 is 0 Å². The van der Waals surface area contributed by atoms with Crippen molar-refractivity contribution in [3.05, 3.63) is 63.6 Å². The van der Waals surface area contributed by atoms with Crippen LogP contribution in [0.4, 0.5) is 14.5 Å². The van der Waals surface area contributed by atoms with Crippen LogP contribution in [0.15, 0.2) is 36.4 Å². The third kappa shape index (κ3) is 3.22. The summed E-state index contributed by atoms with van der Waals surface area (Å²) in [5.74, 6) is -2.31. The lowest BCUT2D eigenvalue weighted by molar-refractivity contribution is 0.102. The fourth-order valence-electron chi connectivity index (χ4n) is 1.45. The van der Waals surface area contributed by atoms with Gasteiger partial charge in [0.05, 0.1) is 16.3 Å². The van der Waals surface area contributed by atoms with Crippen molar-refractivity contribution in [2.45, 2.75) is 0 Å². The van der Waals surface area contributed by atoms with Crippen LogP contribution >= 0.6 is 23.2 Å². The van der Waals surface area contributed by atoms with Gasteiger partial charge in [0.1, 0.15) is 11.6 Å². The van der Waals surface area contributed by atoms with Gasteiger partial charge in [-0.2, -0.15) is 0 Å². The zero-order valence-electron chi connectivity index (χ0n) is 9.38. The van der Waals surface area contributed by atoms with Gasteiger partial charge in [-0.3, -0.25) is 4.79 Å². The summed E-state index contributed by atoms with van der Waals surface area (Å²) in [6.45, 7) is 0. The molecule has 0 saturated heterocycles. The standard InChI is InChI=1S/C13H7Cl2F2NO/c14-7-1-4-12(10(15)5-7)18-13(19)9-6-8(16)2-3-11(9)17/h1-6H,(H,18,19). The van der Waals surface area contributed by atoms with Gasteiger partial charge in [0, 0.05) is 5.02 Å². The summed E-state index contributed by atoms with van der Waals surface area (Å²) in [6, 6.07) is 7.05. The highest BCUT2D eigenvalue weighted by atomic mass is 35.5. The first-order valence-corrected chi connectivity index (χ1v) is 5.94. The molecule has 2 aromatic rings. The van der Waals surface area contributed by atoms with Gasteiger partial charge in [0.25, 0.3) is 5.91 Å². The van der Waals surface area contributed by atoms with E-state index in [1.54, 1.807) is 0 Å². The molecule has 19 heavy (non-hydrogen) atoms. The molecule has 0 aliphatic heterocycles. The lowest BCUT2D eigenvalue weighted by atomic mass is 10.2. The summed E-state index contributed by atoms with van der Waals surface area (Å²) < 4.78 is 26.4. The van der Waals surface area contributed by atoms with E-state index in [0.717, 1.165) is 18.2 Å². The van der Waals surface area contributed by atoms with Crippen LogP contribution in [0.2, 0.25) is 10.0 Å². The van der Waals surface area contributed by atoms with Crippen molar-refractivity contribution in [1.29, 1.82) is 0 Å². The highest BCUT2D eigenvalue weighted by Crippen LogP contribution is 2.26. The van der Waals surface area contributed by atoms with E-state index < -0.39 is 23.1 Å². The molecule has 98 valence electrons. The van der Waals surface area contributed by atoms with Crippen LogP contribution in [0, 0.1) is 11.6 Å². The van der Waals surface area contributed by atoms with Gasteiger partial charge in [-0.05, 0) is 36.4 Å². The Bertz CT molecular complexity index is 647. The van der Waals surface area contributed by atoms with Gasteiger partial charge >= 0.3 is 0 Å². The number of anilines is 1. The average Bonchev–Trinajstić information content (AvgIpc) is 2.35. The van der Waals surface area contributed by atoms with Crippen LogP contribution in [0.5, 0.6) is 0 Å². The first kappa shape index (κ1) is 13.8. The topological polar surface area (TPSA) is 29.1 Å². The molecule has 0 saturated carbocycles. The third-order valence-corrected chi connectivity index (χ3v) is 2.90. The van der Waals surface area contributed by atoms with E-state index in [1.807, 2.05) is 0 Å².